The molecule has 1 atom stereocenters. The molecule has 2 fully saturated rings. The van der Waals surface area contributed by atoms with Crippen LogP contribution < -0.4 is 5.32 Å². The highest BCUT2D eigenvalue weighted by Crippen LogP contribution is 2.23. The van der Waals surface area contributed by atoms with Crippen molar-refractivity contribution in [1.29, 1.82) is 0 Å². The summed E-state index contributed by atoms with van der Waals surface area (Å²) in [5.41, 5.74) is -0.443. The predicted octanol–water partition coefficient (Wildman–Crippen LogP) is 1.76. The number of carbonyl (C=O) groups is 1. The first-order valence-electron chi connectivity index (χ1n) is 7.27. The van der Waals surface area contributed by atoms with Gasteiger partial charge >= 0.3 is 6.09 Å². The molecule has 0 spiro atoms. The summed E-state index contributed by atoms with van der Waals surface area (Å²) in [4.78, 5) is 14.4. The Morgan fingerprint density at radius 2 is 1.89 bits per heavy atom. The zero-order valence-electron chi connectivity index (χ0n) is 12.3. The number of hydrogen-bond donors (Lipinski definition) is 1. The summed E-state index contributed by atoms with van der Waals surface area (Å²) in [5.74, 6) is 0. The molecule has 2 heterocycles. The van der Waals surface area contributed by atoms with Gasteiger partial charge in [0.2, 0.25) is 0 Å². The van der Waals surface area contributed by atoms with Crippen LogP contribution in [-0.4, -0.2) is 55.0 Å². The SMILES string of the molecule is CC(C)(C)OC(=O)N(C1CCNCC1)C1CCOC1. The lowest BCUT2D eigenvalue weighted by Crippen LogP contribution is -2.52. The van der Waals surface area contributed by atoms with Crippen molar-refractivity contribution in [2.24, 2.45) is 0 Å². The third-order valence-corrected chi connectivity index (χ3v) is 3.61. The summed E-state index contributed by atoms with van der Waals surface area (Å²) < 4.78 is 11.0. The maximum atomic E-state index is 12.5. The smallest absolute Gasteiger partial charge is 0.410 e. The zero-order chi connectivity index (χ0) is 13.9. The molecule has 0 aliphatic carbocycles. The molecule has 1 unspecified atom stereocenters. The van der Waals surface area contributed by atoms with Crippen molar-refractivity contribution in [3.8, 4) is 0 Å². The van der Waals surface area contributed by atoms with Crippen molar-refractivity contribution >= 4 is 6.09 Å². The van der Waals surface area contributed by atoms with Crippen LogP contribution in [0.1, 0.15) is 40.0 Å². The molecule has 1 N–H and O–H groups in total. The first kappa shape index (κ1) is 14.6. The molecule has 2 saturated heterocycles. The molecule has 5 nitrogen and oxygen atoms in total. The van der Waals surface area contributed by atoms with Gasteiger partial charge in [-0.3, -0.25) is 4.90 Å². The zero-order valence-corrected chi connectivity index (χ0v) is 12.3. The van der Waals surface area contributed by atoms with Crippen molar-refractivity contribution in [3.05, 3.63) is 0 Å². The third kappa shape index (κ3) is 4.08. The molecule has 0 aromatic heterocycles. The van der Waals surface area contributed by atoms with Crippen LogP contribution in [0.5, 0.6) is 0 Å². The van der Waals surface area contributed by atoms with E-state index in [0.717, 1.165) is 39.0 Å². The van der Waals surface area contributed by atoms with E-state index in [1.807, 2.05) is 25.7 Å². The van der Waals surface area contributed by atoms with Crippen molar-refractivity contribution in [2.45, 2.75) is 57.7 Å². The molecule has 2 aliphatic rings. The van der Waals surface area contributed by atoms with Gasteiger partial charge in [-0.25, -0.2) is 4.79 Å². The molecule has 2 aliphatic heterocycles. The van der Waals surface area contributed by atoms with Crippen LogP contribution in [0.3, 0.4) is 0 Å². The number of ether oxygens (including phenoxy) is 2. The van der Waals surface area contributed by atoms with Crippen LogP contribution >= 0.6 is 0 Å². The number of rotatable bonds is 2. The second-order valence-corrected chi connectivity index (χ2v) is 6.39. The van der Waals surface area contributed by atoms with Crippen LogP contribution in [0.4, 0.5) is 4.79 Å². The Hall–Kier alpha value is -0.810. The maximum Gasteiger partial charge on any atom is 0.410 e. The van der Waals surface area contributed by atoms with Crippen molar-refractivity contribution < 1.29 is 14.3 Å². The lowest BCUT2D eigenvalue weighted by molar-refractivity contribution is -0.000440. The van der Waals surface area contributed by atoms with E-state index in [2.05, 4.69) is 5.32 Å². The fourth-order valence-electron chi connectivity index (χ4n) is 2.74. The Labute approximate surface area is 115 Å². The van der Waals surface area contributed by atoms with Gasteiger partial charge in [0.1, 0.15) is 5.60 Å². The molecular weight excluding hydrogens is 244 g/mol. The lowest BCUT2D eigenvalue weighted by atomic mass is 10.0. The Morgan fingerprint density at radius 3 is 2.42 bits per heavy atom. The summed E-state index contributed by atoms with van der Waals surface area (Å²) >= 11 is 0. The van der Waals surface area contributed by atoms with Gasteiger partial charge in [0, 0.05) is 12.6 Å². The minimum absolute atomic E-state index is 0.179. The van der Waals surface area contributed by atoms with Gasteiger partial charge in [-0.15, -0.1) is 0 Å². The number of nitrogens with zero attached hydrogens (tertiary/aromatic N) is 1. The highest BCUT2D eigenvalue weighted by Gasteiger charge is 2.36. The minimum atomic E-state index is -0.443. The van der Waals surface area contributed by atoms with E-state index in [9.17, 15) is 4.79 Å². The average Bonchev–Trinajstić information content (AvgIpc) is 2.82. The van der Waals surface area contributed by atoms with E-state index in [4.69, 9.17) is 9.47 Å². The topological polar surface area (TPSA) is 50.8 Å². The van der Waals surface area contributed by atoms with E-state index < -0.39 is 5.60 Å². The summed E-state index contributed by atoms with van der Waals surface area (Å²) in [6.07, 6.45) is 2.73. The fraction of sp³-hybridized carbons (Fsp3) is 0.929. The van der Waals surface area contributed by atoms with Gasteiger partial charge in [-0.2, -0.15) is 0 Å². The first-order valence-corrected chi connectivity index (χ1v) is 7.27. The second-order valence-electron chi connectivity index (χ2n) is 6.39. The number of piperidine rings is 1. The Morgan fingerprint density at radius 1 is 1.21 bits per heavy atom. The van der Waals surface area contributed by atoms with Gasteiger partial charge in [0.05, 0.1) is 12.6 Å². The van der Waals surface area contributed by atoms with Gasteiger partial charge in [0.25, 0.3) is 0 Å². The van der Waals surface area contributed by atoms with Gasteiger partial charge in [-0.05, 0) is 53.1 Å². The quantitative estimate of drug-likeness (QED) is 0.831. The number of nitrogens with one attached hydrogen (secondary N) is 1. The van der Waals surface area contributed by atoms with Gasteiger partial charge in [0.15, 0.2) is 0 Å². The highest BCUT2D eigenvalue weighted by atomic mass is 16.6. The monoisotopic (exact) mass is 270 g/mol. The molecule has 0 aromatic carbocycles. The summed E-state index contributed by atoms with van der Waals surface area (Å²) in [6.45, 7) is 9.07. The van der Waals surface area contributed by atoms with Crippen LogP contribution in [0.2, 0.25) is 0 Å². The van der Waals surface area contributed by atoms with Gasteiger partial charge < -0.3 is 14.8 Å². The van der Waals surface area contributed by atoms with Crippen molar-refractivity contribution in [2.75, 3.05) is 26.3 Å². The van der Waals surface area contributed by atoms with Crippen molar-refractivity contribution in [3.63, 3.8) is 0 Å². The molecule has 0 radical (unpaired) electrons. The summed E-state index contributed by atoms with van der Waals surface area (Å²) in [5, 5.41) is 3.34. The first-order chi connectivity index (χ1) is 8.97. The Balaban J connectivity index is 2.06. The molecule has 5 heteroatoms. The molecule has 0 aromatic rings. The maximum absolute atomic E-state index is 12.5. The molecule has 19 heavy (non-hydrogen) atoms. The van der Waals surface area contributed by atoms with E-state index >= 15 is 0 Å². The Kier molecular flexibility index (Phi) is 4.68. The fourth-order valence-corrected chi connectivity index (χ4v) is 2.74. The normalized spacial score (nSPS) is 25.3. The Bertz CT molecular complexity index is 302. The second kappa shape index (κ2) is 6.09. The van der Waals surface area contributed by atoms with Crippen LogP contribution in [-0.2, 0) is 9.47 Å². The number of hydrogen-bond acceptors (Lipinski definition) is 4. The predicted molar refractivity (Wildman–Crippen MR) is 73.2 cm³/mol. The van der Waals surface area contributed by atoms with E-state index in [1.165, 1.54) is 0 Å². The molecule has 0 bridgehead atoms. The van der Waals surface area contributed by atoms with Crippen LogP contribution in [0.15, 0.2) is 0 Å². The molecule has 1 amide bonds. The number of carbonyl (C=O) groups excluding carboxylic acids is 1. The van der Waals surface area contributed by atoms with Crippen LogP contribution in [0, 0.1) is 0 Å². The largest absolute Gasteiger partial charge is 0.444 e. The lowest BCUT2D eigenvalue weighted by Gasteiger charge is -2.38. The third-order valence-electron chi connectivity index (χ3n) is 3.61. The summed E-state index contributed by atoms with van der Waals surface area (Å²) in [7, 11) is 0. The van der Waals surface area contributed by atoms with E-state index in [-0.39, 0.29) is 18.2 Å². The minimum Gasteiger partial charge on any atom is -0.444 e. The molecular formula is C14H26N2O3. The van der Waals surface area contributed by atoms with Crippen LogP contribution in [0.25, 0.3) is 0 Å². The van der Waals surface area contributed by atoms with Crippen molar-refractivity contribution in [1.82, 2.24) is 10.2 Å². The standard InChI is InChI=1S/C14H26N2O3/c1-14(2,3)19-13(17)16(12-6-9-18-10-12)11-4-7-15-8-5-11/h11-12,15H,4-10H2,1-3H3. The number of amides is 1. The average molecular weight is 270 g/mol. The van der Waals surface area contributed by atoms with E-state index in [0.29, 0.717) is 6.61 Å². The van der Waals surface area contributed by atoms with E-state index in [1.54, 1.807) is 0 Å². The van der Waals surface area contributed by atoms with Gasteiger partial charge in [-0.1, -0.05) is 0 Å². The highest BCUT2D eigenvalue weighted by molar-refractivity contribution is 5.69. The summed E-state index contributed by atoms with van der Waals surface area (Å²) in [6, 6.07) is 0.459. The molecule has 110 valence electrons. The molecule has 2 rings (SSSR count). The molecule has 0 saturated carbocycles.